The van der Waals surface area contributed by atoms with E-state index >= 15 is 0 Å². The molecule has 0 spiro atoms. The van der Waals surface area contributed by atoms with Crippen LogP contribution in [0.4, 0.5) is 0 Å². The molecule has 1 aliphatic rings. The van der Waals surface area contributed by atoms with Gasteiger partial charge in [-0.3, -0.25) is 9.69 Å². The summed E-state index contributed by atoms with van der Waals surface area (Å²) < 4.78 is 7.13. The number of amides is 1. The van der Waals surface area contributed by atoms with Gasteiger partial charge in [-0.2, -0.15) is 0 Å². The van der Waals surface area contributed by atoms with Gasteiger partial charge in [0.25, 0.3) is 5.91 Å². The summed E-state index contributed by atoms with van der Waals surface area (Å²) in [5, 5.41) is 12.5. The lowest BCUT2D eigenvalue weighted by atomic mass is 10.1. The normalized spacial score (nSPS) is 14.2. The zero-order valence-electron chi connectivity index (χ0n) is 14.8. The number of nitrogens with zero attached hydrogens (tertiary/aromatic N) is 6. The quantitative estimate of drug-likeness (QED) is 0.708. The Hall–Kier alpha value is -3.00. The van der Waals surface area contributed by atoms with Gasteiger partial charge in [0, 0.05) is 45.7 Å². The van der Waals surface area contributed by atoms with Gasteiger partial charge in [-0.25, -0.2) is 4.68 Å². The number of hydrogen-bond acceptors (Lipinski definition) is 6. The second kappa shape index (κ2) is 6.72. The lowest BCUT2D eigenvalue weighted by Gasteiger charge is -2.25. The van der Waals surface area contributed by atoms with Crippen LogP contribution < -0.4 is 0 Å². The molecule has 1 amide bonds. The third-order valence-corrected chi connectivity index (χ3v) is 4.46. The van der Waals surface area contributed by atoms with Crippen LogP contribution in [0.2, 0.25) is 0 Å². The molecule has 4 rings (SSSR count). The summed E-state index contributed by atoms with van der Waals surface area (Å²) in [6.45, 7) is 2.11. The first-order valence-corrected chi connectivity index (χ1v) is 8.50. The maximum Gasteiger partial charge on any atom is 0.275 e. The largest absolute Gasteiger partial charge is 0.360 e. The van der Waals surface area contributed by atoms with Crippen LogP contribution in [0.15, 0.2) is 41.1 Å². The molecule has 0 aliphatic carbocycles. The molecule has 2 aromatic heterocycles. The maximum absolute atomic E-state index is 12.3. The average Bonchev–Trinajstić information content (AvgIpc) is 3.28. The number of rotatable bonds is 4. The molecule has 0 atom stereocenters. The molecule has 3 aromatic rings. The summed E-state index contributed by atoms with van der Waals surface area (Å²) in [5.41, 5.74) is 3.15. The third-order valence-electron chi connectivity index (χ3n) is 4.46. The minimum Gasteiger partial charge on any atom is -0.360 e. The fraction of sp³-hybridized carbons (Fsp3) is 0.333. The fourth-order valence-corrected chi connectivity index (χ4v) is 3.09. The van der Waals surface area contributed by atoms with Gasteiger partial charge in [0.05, 0.1) is 17.6 Å². The monoisotopic (exact) mass is 352 g/mol. The van der Waals surface area contributed by atoms with Crippen LogP contribution in [-0.4, -0.2) is 56.5 Å². The Labute approximate surface area is 151 Å². The summed E-state index contributed by atoms with van der Waals surface area (Å²) in [6.07, 6.45) is 2.67. The number of carbonyl (C=O) groups is 1. The van der Waals surface area contributed by atoms with Crippen LogP contribution in [0.3, 0.4) is 0 Å². The van der Waals surface area contributed by atoms with Crippen LogP contribution in [0.25, 0.3) is 5.69 Å². The molecule has 0 N–H and O–H groups in total. The minimum atomic E-state index is -0.133. The van der Waals surface area contributed by atoms with E-state index in [2.05, 4.69) is 20.4 Å². The Balaban J connectivity index is 1.49. The predicted octanol–water partition coefficient (Wildman–Crippen LogP) is 1.52. The molecular weight excluding hydrogens is 332 g/mol. The third kappa shape index (κ3) is 3.11. The van der Waals surface area contributed by atoms with Gasteiger partial charge in [0.2, 0.25) is 0 Å². The van der Waals surface area contributed by atoms with Crippen molar-refractivity contribution in [3.63, 3.8) is 0 Å². The Kier molecular flexibility index (Phi) is 4.26. The van der Waals surface area contributed by atoms with E-state index in [0.717, 1.165) is 35.7 Å². The molecule has 1 aromatic carbocycles. The summed E-state index contributed by atoms with van der Waals surface area (Å²) in [6, 6.07) is 9.89. The van der Waals surface area contributed by atoms with Crippen molar-refractivity contribution < 1.29 is 9.32 Å². The molecule has 0 saturated heterocycles. The molecule has 0 unspecified atom stereocenters. The van der Waals surface area contributed by atoms with Gasteiger partial charge < -0.3 is 9.42 Å². The van der Waals surface area contributed by atoms with Gasteiger partial charge in [-0.05, 0) is 12.1 Å². The number of fused-ring (bicyclic) bond motifs is 1. The number of para-hydroxylation sites is 1. The van der Waals surface area contributed by atoms with Crippen LogP contribution >= 0.6 is 0 Å². The standard InChI is InChI=1S/C18H20N6O2/c1-22(2)18(25)17-15-12-23(9-8-16(15)26-20-17)10-13-11-24(21-19-13)14-6-4-3-5-7-14/h3-7,11H,8-10,12H2,1-2H3. The van der Waals surface area contributed by atoms with Gasteiger partial charge in [-0.15, -0.1) is 5.10 Å². The predicted molar refractivity (Wildman–Crippen MR) is 93.7 cm³/mol. The highest BCUT2D eigenvalue weighted by Crippen LogP contribution is 2.24. The van der Waals surface area contributed by atoms with Crippen LogP contribution in [0, 0.1) is 0 Å². The second-order valence-corrected chi connectivity index (χ2v) is 6.58. The highest BCUT2D eigenvalue weighted by molar-refractivity contribution is 5.93. The first-order valence-electron chi connectivity index (χ1n) is 8.50. The summed E-state index contributed by atoms with van der Waals surface area (Å²) in [4.78, 5) is 16.0. The Morgan fingerprint density at radius 3 is 2.85 bits per heavy atom. The zero-order chi connectivity index (χ0) is 18.1. The van der Waals surface area contributed by atoms with E-state index in [1.54, 1.807) is 18.8 Å². The number of benzene rings is 1. The number of aromatic nitrogens is 4. The van der Waals surface area contributed by atoms with Crippen molar-refractivity contribution in [3.8, 4) is 5.69 Å². The average molecular weight is 352 g/mol. The van der Waals surface area contributed by atoms with Crippen molar-refractivity contribution in [1.82, 2.24) is 30.0 Å². The number of hydrogen-bond donors (Lipinski definition) is 0. The van der Waals surface area contributed by atoms with E-state index in [-0.39, 0.29) is 5.91 Å². The number of carbonyl (C=O) groups excluding carboxylic acids is 1. The smallest absolute Gasteiger partial charge is 0.275 e. The Bertz CT molecular complexity index is 915. The lowest BCUT2D eigenvalue weighted by molar-refractivity contribution is 0.0815. The van der Waals surface area contributed by atoms with Crippen molar-refractivity contribution in [3.05, 3.63) is 59.2 Å². The van der Waals surface area contributed by atoms with E-state index in [4.69, 9.17) is 4.52 Å². The summed E-state index contributed by atoms with van der Waals surface area (Å²) >= 11 is 0. The maximum atomic E-state index is 12.3. The first-order chi connectivity index (χ1) is 12.6. The van der Waals surface area contributed by atoms with E-state index in [1.165, 1.54) is 4.90 Å². The van der Waals surface area contributed by atoms with Crippen molar-refractivity contribution in [2.24, 2.45) is 0 Å². The van der Waals surface area contributed by atoms with E-state index in [0.29, 0.717) is 18.8 Å². The second-order valence-electron chi connectivity index (χ2n) is 6.58. The highest BCUT2D eigenvalue weighted by atomic mass is 16.5. The summed E-state index contributed by atoms with van der Waals surface area (Å²) in [5.74, 6) is 0.672. The van der Waals surface area contributed by atoms with Crippen molar-refractivity contribution in [2.45, 2.75) is 19.5 Å². The molecule has 3 heterocycles. The molecule has 0 bridgehead atoms. The Morgan fingerprint density at radius 2 is 2.08 bits per heavy atom. The molecule has 0 saturated carbocycles. The molecular formula is C18H20N6O2. The van der Waals surface area contributed by atoms with Crippen LogP contribution in [0.1, 0.15) is 27.5 Å². The van der Waals surface area contributed by atoms with Gasteiger partial charge in [-0.1, -0.05) is 28.6 Å². The van der Waals surface area contributed by atoms with Crippen molar-refractivity contribution in [1.29, 1.82) is 0 Å². The SMILES string of the molecule is CN(C)C(=O)c1noc2c1CN(Cc1cn(-c3ccccc3)nn1)CC2. The van der Waals surface area contributed by atoms with E-state index in [9.17, 15) is 4.79 Å². The topological polar surface area (TPSA) is 80.3 Å². The molecule has 0 radical (unpaired) electrons. The van der Waals surface area contributed by atoms with E-state index < -0.39 is 0 Å². The molecule has 8 nitrogen and oxygen atoms in total. The first kappa shape index (κ1) is 16.5. The van der Waals surface area contributed by atoms with Crippen LogP contribution in [-0.2, 0) is 19.5 Å². The minimum absolute atomic E-state index is 0.133. The van der Waals surface area contributed by atoms with Gasteiger partial charge >= 0.3 is 0 Å². The lowest BCUT2D eigenvalue weighted by Crippen LogP contribution is -2.31. The van der Waals surface area contributed by atoms with Gasteiger partial charge in [0.1, 0.15) is 5.76 Å². The van der Waals surface area contributed by atoms with Gasteiger partial charge in [0.15, 0.2) is 5.69 Å². The Morgan fingerprint density at radius 1 is 1.27 bits per heavy atom. The van der Waals surface area contributed by atoms with Crippen LogP contribution in [0.5, 0.6) is 0 Å². The fourth-order valence-electron chi connectivity index (χ4n) is 3.09. The molecule has 8 heteroatoms. The molecule has 0 fully saturated rings. The summed E-state index contributed by atoms with van der Waals surface area (Å²) in [7, 11) is 3.43. The highest BCUT2D eigenvalue weighted by Gasteiger charge is 2.28. The molecule has 134 valence electrons. The zero-order valence-corrected chi connectivity index (χ0v) is 14.8. The molecule has 26 heavy (non-hydrogen) atoms. The van der Waals surface area contributed by atoms with Crippen molar-refractivity contribution >= 4 is 5.91 Å². The van der Waals surface area contributed by atoms with E-state index in [1.807, 2.05) is 36.5 Å². The van der Waals surface area contributed by atoms with Crippen molar-refractivity contribution in [2.75, 3.05) is 20.6 Å². The molecule has 1 aliphatic heterocycles.